The van der Waals surface area contributed by atoms with Gasteiger partial charge in [-0.25, -0.2) is 4.98 Å². The summed E-state index contributed by atoms with van der Waals surface area (Å²) in [5, 5.41) is 19.8. The van der Waals surface area contributed by atoms with Crippen molar-refractivity contribution in [2.45, 2.75) is 19.8 Å². The van der Waals surface area contributed by atoms with Crippen LogP contribution in [-0.4, -0.2) is 25.4 Å². The fraction of sp³-hybridized carbons (Fsp3) is 0.176. The average Bonchev–Trinajstić information content (AvgIpc) is 2.90. The molecule has 122 valence electrons. The largest absolute Gasteiger partial charge is 0.481 e. The fourth-order valence-corrected chi connectivity index (χ4v) is 2.63. The first-order valence-electron chi connectivity index (χ1n) is 7.40. The number of benzene rings is 1. The lowest BCUT2D eigenvalue weighted by atomic mass is 10.1. The van der Waals surface area contributed by atoms with E-state index in [1.165, 1.54) is 12.1 Å². The summed E-state index contributed by atoms with van der Waals surface area (Å²) in [6.45, 7) is 1.96. The Labute approximate surface area is 137 Å². The number of nitro benzene ring substituents is 1. The van der Waals surface area contributed by atoms with Crippen molar-refractivity contribution in [1.82, 2.24) is 9.38 Å². The summed E-state index contributed by atoms with van der Waals surface area (Å²) in [7, 11) is 0. The SMILES string of the molecule is Cc1ccn2c(CCC(=O)O)c(-c3ccc([N+](=O)[O-])cc3)nc2c1. The molecule has 0 bridgehead atoms. The monoisotopic (exact) mass is 325 g/mol. The molecule has 0 fully saturated rings. The molecular weight excluding hydrogens is 310 g/mol. The highest BCUT2D eigenvalue weighted by atomic mass is 16.6. The number of nitrogens with zero attached hydrogens (tertiary/aromatic N) is 3. The van der Waals surface area contributed by atoms with Gasteiger partial charge < -0.3 is 9.51 Å². The average molecular weight is 325 g/mol. The molecule has 2 heterocycles. The summed E-state index contributed by atoms with van der Waals surface area (Å²) in [5.41, 5.74) is 3.93. The lowest BCUT2D eigenvalue weighted by molar-refractivity contribution is -0.384. The molecule has 0 saturated heterocycles. The maximum atomic E-state index is 10.9. The zero-order valence-corrected chi connectivity index (χ0v) is 13.0. The molecule has 7 heteroatoms. The predicted octanol–water partition coefficient (Wildman–Crippen LogP) is 3.24. The van der Waals surface area contributed by atoms with Crippen LogP contribution in [0.5, 0.6) is 0 Å². The first-order chi connectivity index (χ1) is 11.5. The normalized spacial score (nSPS) is 10.9. The molecule has 1 aromatic carbocycles. The second kappa shape index (κ2) is 6.11. The lowest BCUT2D eigenvalue weighted by Crippen LogP contribution is -2.01. The summed E-state index contributed by atoms with van der Waals surface area (Å²) in [5.74, 6) is -0.883. The van der Waals surface area contributed by atoms with Gasteiger partial charge in [0, 0.05) is 30.3 Å². The molecule has 0 amide bonds. The summed E-state index contributed by atoms with van der Waals surface area (Å²) < 4.78 is 1.87. The molecule has 3 rings (SSSR count). The Kier molecular flexibility index (Phi) is 3.99. The highest BCUT2D eigenvalue weighted by Gasteiger charge is 2.16. The van der Waals surface area contributed by atoms with E-state index >= 15 is 0 Å². The Balaban J connectivity index is 2.12. The van der Waals surface area contributed by atoms with Crippen LogP contribution < -0.4 is 0 Å². The van der Waals surface area contributed by atoms with Gasteiger partial charge in [0.15, 0.2) is 0 Å². The van der Waals surface area contributed by atoms with Crippen LogP contribution in [0.2, 0.25) is 0 Å². The minimum absolute atomic E-state index is 0.00504. The van der Waals surface area contributed by atoms with Crippen LogP contribution in [0.1, 0.15) is 17.7 Å². The number of hydrogen-bond acceptors (Lipinski definition) is 4. The van der Waals surface area contributed by atoms with Crippen molar-refractivity contribution in [2.24, 2.45) is 0 Å². The van der Waals surface area contributed by atoms with Gasteiger partial charge in [0.1, 0.15) is 5.65 Å². The Morgan fingerprint density at radius 2 is 2.00 bits per heavy atom. The van der Waals surface area contributed by atoms with E-state index in [-0.39, 0.29) is 12.1 Å². The number of non-ortho nitro benzene ring substituents is 1. The van der Waals surface area contributed by atoms with E-state index in [0.717, 1.165) is 22.5 Å². The molecular formula is C17H15N3O4. The number of carboxylic acids is 1. The third kappa shape index (κ3) is 2.96. The van der Waals surface area contributed by atoms with Crippen LogP contribution in [0.3, 0.4) is 0 Å². The van der Waals surface area contributed by atoms with E-state index in [9.17, 15) is 14.9 Å². The topological polar surface area (TPSA) is 97.7 Å². The summed E-state index contributed by atoms with van der Waals surface area (Å²) in [6.07, 6.45) is 2.18. The zero-order chi connectivity index (χ0) is 17.3. The highest BCUT2D eigenvalue weighted by molar-refractivity contribution is 5.70. The van der Waals surface area contributed by atoms with Gasteiger partial charge >= 0.3 is 5.97 Å². The first-order valence-corrected chi connectivity index (χ1v) is 7.40. The molecule has 0 unspecified atom stereocenters. The maximum absolute atomic E-state index is 10.9. The van der Waals surface area contributed by atoms with Crippen LogP contribution in [0.4, 0.5) is 5.69 Å². The first kappa shape index (κ1) is 15.7. The predicted molar refractivity (Wildman–Crippen MR) is 88.0 cm³/mol. The molecule has 1 N–H and O–H groups in total. The molecule has 0 aliphatic carbocycles. The fourth-order valence-electron chi connectivity index (χ4n) is 2.63. The number of pyridine rings is 1. The van der Waals surface area contributed by atoms with E-state index in [2.05, 4.69) is 4.98 Å². The van der Waals surface area contributed by atoms with Crippen molar-refractivity contribution < 1.29 is 14.8 Å². The molecule has 3 aromatic rings. The van der Waals surface area contributed by atoms with Gasteiger partial charge in [-0.05, 0) is 36.8 Å². The molecule has 0 aliphatic heterocycles. The number of aliphatic carboxylic acids is 1. The molecule has 2 aromatic heterocycles. The minimum atomic E-state index is -0.883. The number of aryl methyl sites for hydroxylation is 2. The number of carbonyl (C=O) groups is 1. The number of fused-ring (bicyclic) bond motifs is 1. The third-order valence-corrected chi connectivity index (χ3v) is 3.81. The van der Waals surface area contributed by atoms with Gasteiger partial charge in [-0.2, -0.15) is 0 Å². The van der Waals surface area contributed by atoms with Crippen molar-refractivity contribution in [3.63, 3.8) is 0 Å². The van der Waals surface area contributed by atoms with Gasteiger partial charge in [0.05, 0.1) is 22.7 Å². The maximum Gasteiger partial charge on any atom is 0.303 e. The second-order valence-corrected chi connectivity index (χ2v) is 5.54. The molecule has 0 aliphatic rings. The van der Waals surface area contributed by atoms with E-state index in [0.29, 0.717) is 12.1 Å². The standard InChI is InChI=1S/C17H15N3O4/c1-11-8-9-19-14(6-7-16(21)22)17(18-15(19)10-11)12-2-4-13(5-3-12)20(23)24/h2-5,8-10H,6-7H2,1H3,(H,21,22). The van der Waals surface area contributed by atoms with E-state index in [1.54, 1.807) is 12.1 Å². The van der Waals surface area contributed by atoms with E-state index in [4.69, 9.17) is 5.11 Å². The lowest BCUT2D eigenvalue weighted by Gasteiger charge is -2.04. The van der Waals surface area contributed by atoms with Crippen LogP contribution >= 0.6 is 0 Å². The number of imidazole rings is 1. The molecule has 24 heavy (non-hydrogen) atoms. The van der Waals surface area contributed by atoms with Crippen LogP contribution in [-0.2, 0) is 11.2 Å². The smallest absolute Gasteiger partial charge is 0.303 e. The number of aromatic nitrogens is 2. The second-order valence-electron chi connectivity index (χ2n) is 5.54. The van der Waals surface area contributed by atoms with Gasteiger partial charge in [-0.1, -0.05) is 0 Å². The molecule has 0 atom stereocenters. The third-order valence-electron chi connectivity index (χ3n) is 3.81. The summed E-state index contributed by atoms with van der Waals surface area (Å²) >= 11 is 0. The summed E-state index contributed by atoms with van der Waals surface area (Å²) in [4.78, 5) is 25.9. The van der Waals surface area contributed by atoms with Crippen LogP contribution in [0.25, 0.3) is 16.9 Å². The van der Waals surface area contributed by atoms with Crippen molar-refractivity contribution >= 4 is 17.3 Å². The zero-order valence-electron chi connectivity index (χ0n) is 13.0. The van der Waals surface area contributed by atoms with Gasteiger partial charge in [0.2, 0.25) is 0 Å². The van der Waals surface area contributed by atoms with Crippen molar-refractivity contribution in [3.8, 4) is 11.3 Å². The summed E-state index contributed by atoms with van der Waals surface area (Å²) in [6, 6.07) is 9.96. The number of carboxylic acid groups (broad SMARTS) is 1. The van der Waals surface area contributed by atoms with Gasteiger partial charge in [-0.3, -0.25) is 14.9 Å². The molecule has 0 spiro atoms. The Morgan fingerprint density at radius 1 is 1.29 bits per heavy atom. The van der Waals surface area contributed by atoms with E-state index in [1.807, 2.05) is 29.7 Å². The number of nitro groups is 1. The number of hydrogen-bond donors (Lipinski definition) is 1. The van der Waals surface area contributed by atoms with Crippen molar-refractivity contribution in [3.05, 3.63) is 64.0 Å². The minimum Gasteiger partial charge on any atom is -0.481 e. The molecule has 0 radical (unpaired) electrons. The van der Waals surface area contributed by atoms with Crippen LogP contribution in [0.15, 0.2) is 42.6 Å². The van der Waals surface area contributed by atoms with Crippen molar-refractivity contribution in [1.29, 1.82) is 0 Å². The van der Waals surface area contributed by atoms with Crippen molar-refractivity contribution in [2.75, 3.05) is 0 Å². The van der Waals surface area contributed by atoms with Gasteiger partial charge in [0.25, 0.3) is 5.69 Å². The molecule has 0 saturated carbocycles. The quantitative estimate of drug-likeness (QED) is 0.573. The Hall–Kier alpha value is -3.22. The van der Waals surface area contributed by atoms with Crippen LogP contribution in [0, 0.1) is 17.0 Å². The number of rotatable bonds is 5. The van der Waals surface area contributed by atoms with E-state index < -0.39 is 10.9 Å². The Bertz CT molecular complexity index is 929. The van der Waals surface area contributed by atoms with Gasteiger partial charge in [-0.15, -0.1) is 0 Å². The molecule has 7 nitrogen and oxygen atoms in total. The Morgan fingerprint density at radius 3 is 2.62 bits per heavy atom. The highest BCUT2D eigenvalue weighted by Crippen LogP contribution is 2.27.